The van der Waals surface area contributed by atoms with Gasteiger partial charge in [0.1, 0.15) is 0 Å². The highest BCUT2D eigenvalue weighted by atomic mass is 16.5. The van der Waals surface area contributed by atoms with E-state index < -0.39 is 11.9 Å². The van der Waals surface area contributed by atoms with Gasteiger partial charge in [0.05, 0.1) is 6.61 Å². The third kappa shape index (κ3) is 3.73. The predicted molar refractivity (Wildman–Crippen MR) is 47.3 cm³/mol. The minimum Gasteiger partial charge on any atom is -0.478 e. The number of ether oxygens (including phenoxy) is 1. The standard InChI is InChI=1S/C9H14O4/c1-4-5-13-9(12)7(3)6(2)8(10)11/h4-5H2,1-3H3,(H,10,11). The van der Waals surface area contributed by atoms with Crippen LogP contribution in [0, 0.1) is 0 Å². The molecular formula is C9H14O4. The molecule has 0 fully saturated rings. The van der Waals surface area contributed by atoms with Gasteiger partial charge in [0.2, 0.25) is 0 Å². The van der Waals surface area contributed by atoms with Gasteiger partial charge < -0.3 is 9.84 Å². The average molecular weight is 186 g/mol. The molecule has 0 spiro atoms. The highest BCUT2D eigenvalue weighted by molar-refractivity contribution is 5.98. The molecule has 13 heavy (non-hydrogen) atoms. The molecule has 1 N–H and O–H groups in total. The third-order valence-electron chi connectivity index (χ3n) is 1.63. The van der Waals surface area contributed by atoms with Crippen LogP contribution in [-0.2, 0) is 14.3 Å². The number of carboxylic acids is 1. The molecule has 0 aliphatic heterocycles. The summed E-state index contributed by atoms with van der Waals surface area (Å²) >= 11 is 0. The molecule has 4 nitrogen and oxygen atoms in total. The number of rotatable bonds is 4. The molecule has 0 aromatic rings. The van der Waals surface area contributed by atoms with Crippen molar-refractivity contribution in [2.75, 3.05) is 6.61 Å². The van der Waals surface area contributed by atoms with Crippen molar-refractivity contribution >= 4 is 11.9 Å². The molecule has 0 bridgehead atoms. The van der Waals surface area contributed by atoms with Crippen LogP contribution in [0.25, 0.3) is 0 Å². The van der Waals surface area contributed by atoms with Gasteiger partial charge in [0.15, 0.2) is 0 Å². The number of carbonyl (C=O) groups is 2. The Morgan fingerprint density at radius 1 is 1.23 bits per heavy atom. The van der Waals surface area contributed by atoms with Crippen LogP contribution in [-0.4, -0.2) is 23.7 Å². The zero-order valence-corrected chi connectivity index (χ0v) is 8.09. The second kappa shape index (κ2) is 5.35. The summed E-state index contributed by atoms with van der Waals surface area (Å²) < 4.78 is 4.76. The van der Waals surface area contributed by atoms with Crippen LogP contribution in [0.4, 0.5) is 0 Å². The van der Waals surface area contributed by atoms with E-state index in [9.17, 15) is 9.59 Å². The van der Waals surface area contributed by atoms with Crippen molar-refractivity contribution in [2.45, 2.75) is 27.2 Å². The van der Waals surface area contributed by atoms with Crippen molar-refractivity contribution < 1.29 is 19.4 Å². The van der Waals surface area contributed by atoms with E-state index in [1.807, 2.05) is 6.92 Å². The lowest BCUT2D eigenvalue weighted by molar-refractivity contribution is -0.140. The number of aliphatic carboxylic acids is 1. The van der Waals surface area contributed by atoms with Crippen LogP contribution >= 0.6 is 0 Å². The fourth-order valence-electron chi connectivity index (χ4n) is 0.617. The van der Waals surface area contributed by atoms with E-state index in [2.05, 4.69) is 0 Å². The van der Waals surface area contributed by atoms with Gasteiger partial charge in [-0.15, -0.1) is 0 Å². The lowest BCUT2D eigenvalue weighted by atomic mass is 10.1. The Hall–Kier alpha value is -1.32. The summed E-state index contributed by atoms with van der Waals surface area (Å²) in [5, 5.41) is 8.56. The maximum atomic E-state index is 11.1. The molecule has 0 saturated heterocycles. The van der Waals surface area contributed by atoms with Crippen molar-refractivity contribution in [3.8, 4) is 0 Å². The summed E-state index contributed by atoms with van der Waals surface area (Å²) in [4.78, 5) is 21.6. The van der Waals surface area contributed by atoms with Gasteiger partial charge >= 0.3 is 11.9 Å². The number of carbonyl (C=O) groups excluding carboxylic acids is 1. The van der Waals surface area contributed by atoms with Crippen molar-refractivity contribution in [2.24, 2.45) is 0 Å². The molecule has 4 heteroatoms. The second-order valence-corrected chi connectivity index (χ2v) is 2.69. The van der Waals surface area contributed by atoms with E-state index in [1.54, 1.807) is 0 Å². The molecule has 0 saturated carbocycles. The summed E-state index contributed by atoms with van der Waals surface area (Å²) in [5.41, 5.74) is 0.182. The van der Waals surface area contributed by atoms with Gasteiger partial charge in [-0.05, 0) is 20.3 Å². The molecule has 74 valence electrons. The fraction of sp³-hybridized carbons (Fsp3) is 0.556. The Labute approximate surface area is 77.2 Å². The van der Waals surface area contributed by atoms with E-state index in [1.165, 1.54) is 13.8 Å². The van der Waals surface area contributed by atoms with E-state index >= 15 is 0 Å². The zero-order valence-electron chi connectivity index (χ0n) is 8.09. The van der Waals surface area contributed by atoms with Gasteiger partial charge in [0.25, 0.3) is 0 Å². The molecule has 0 unspecified atom stereocenters. The van der Waals surface area contributed by atoms with Crippen molar-refractivity contribution in [1.29, 1.82) is 0 Å². The Morgan fingerprint density at radius 3 is 2.15 bits per heavy atom. The smallest absolute Gasteiger partial charge is 0.334 e. The molecule has 0 heterocycles. The Morgan fingerprint density at radius 2 is 1.77 bits per heavy atom. The summed E-state index contributed by atoms with van der Waals surface area (Å²) in [5.74, 6) is -1.65. The largest absolute Gasteiger partial charge is 0.478 e. The Kier molecular flexibility index (Phi) is 4.80. The van der Waals surface area contributed by atoms with E-state index in [4.69, 9.17) is 9.84 Å². The highest BCUT2D eigenvalue weighted by Crippen LogP contribution is 2.05. The number of esters is 1. The lowest BCUT2D eigenvalue weighted by Crippen LogP contribution is -2.11. The normalized spacial score (nSPS) is 11.9. The molecule has 0 aliphatic rings. The number of hydrogen-bond donors (Lipinski definition) is 1. The topological polar surface area (TPSA) is 63.6 Å². The summed E-state index contributed by atoms with van der Waals surface area (Å²) in [7, 11) is 0. The minimum atomic E-state index is -1.09. The SMILES string of the molecule is CCCOC(=O)C(C)=C(C)C(=O)O. The Bertz CT molecular complexity index is 240. The van der Waals surface area contributed by atoms with Gasteiger partial charge in [-0.25, -0.2) is 9.59 Å². The molecule has 0 rings (SSSR count). The summed E-state index contributed by atoms with van der Waals surface area (Å²) in [6.45, 7) is 5.02. The number of hydrogen-bond acceptors (Lipinski definition) is 3. The van der Waals surface area contributed by atoms with Crippen molar-refractivity contribution in [3.05, 3.63) is 11.1 Å². The minimum absolute atomic E-state index is 0.0288. The molecule has 0 atom stereocenters. The lowest BCUT2D eigenvalue weighted by Gasteiger charge is -2.04. The predicted octanol–water partition coefficient (Wildman–Crippen LogP) is 1.36. The third-order valence-corrected chi connectivity index (χ3v) is 1.63. The van der Waals surface area contributed by atoms with Crippen LogP contribution in [0.2, 0.25) is 0 Å². The second-order valence-electron chi connectivity index (χ2n) is 2.69. The summed E-state index contributed by atoms with van der Waals surface area (Å²) in [6, 6.07) is 0. The van der Waals surface area contributed by atoms with E-state index in [0.717, 1.165) is 6.42 Å². The average Bonchev–Trinajstić information content (AvgIpc) is 2.11. The van der Waals surface area contributed by atoms with Crippen LogP contribution < -0.4 is 0 Å². The molecule has 0 aromatic heterocycles. The van der Waals surface area contributed by atoms with E-state index in [0.29, 0.717) is 6.61 Å². The molecule has 0 aliphatic carbocycles. The first kappa shape index (κ1) is 11.7. The van der Waals surface area contributed by atoms with Gasteiger partial charge in [-0.2, -0.15) is 0 Å². The summed E-state index contributed by atoms with van der Waals surface area (Å²) in [6.07, 6.45) is 0.727. The monoisotopic (exact) mass is 186 g/mol. The molecule has 0 radical (unpaired) electrons. The van der Waals surface area contributed by atoms with Crippen molar-refractivity contribution in [1.82, 2.24) is 0 Å². The maximum Gasteiger partial charge on any atom is 0.334 e. The van der Waals surface area contributed by atoms with E-state index in [-0.39, 0.29) is 11.1 Å². The van der Waals surface area contributed by atoms with Crippen LogP contribution in [0.3, 0.4) is 0 Å². The molecule has 0 aromatic carbocycles. The van der Waals surface area contributed by atoms with Gasteiger partial charge in [-0.1, -0.05) is 6.92 Å². The first-order chi connectivity index (χ1) is 6.00. The van der Waals surface area contributed by atoms with Gasteiger partial charge in [-0.3, -0.25) is 0 Å². The first-order valence-electron chi connectivity index (χ1n) is 4.08. The van der Waals surface area contributed by atoms with Crippen LogP contribution in [0.5, 0.6) is 0 Å². The van der Waals surface area contributed by atoms with Crippen LogP contribution in [0.15, 0.2) is 11.1 Å². The highest BCUT2D eigenvalue weighted by Gasteiger charge is 2.12. The van der Waals surface area contributed by atoms with Gasteiger partial charge in [0, 0.05) is 11.1 Å². The first-order valence-corrected chi connectivity index (χ1v) is 4.08. The van der Waals surface area contributed by atoms with Crippen LogP contribution in [0.1, 0.15) is 27.2 Å². The zero-order chi connectivity index (χ0) is 10.4. The van der Waals surface area contributed by atoms with Crippen molar-refractivity contribution in [3.63, 3.8) is 0 Å². The Balaban J connectivity index is 4.40. The maximum absolute atomic E-state index is 11.1. The molecule has 0 amide bonds. The fourth-order valence-corrected chi connectivity index (χ4v) is 0.617. The molecular weight excluding hydrogens is 172 g/mol. The number of carboxylic acid groups (broad SMARTS) is 1. The quantitative estimate of drug-likeness (QED) is 0.532.